The number of nitrogens with zero attached hydrogens (tertiary/aromatic N) is 4. The fraction of sp³-hybridized carbons (Fsp3) is 0.429. The van der Waals surface area contributed by atoms with Crippen LogP contribution < -0.4 is 5.48 Å². The quantitative estimate of drug-likeness (QED) is 0.796. The first kappa shape index (κ1) is 15.3. The highest BCUT2D eigenvalue weighted by molar-refractivity contribution is 5.91. The van der Waals surface area contributed by atoms with Crippen LogP contribution in [0.3, 0.4) is 0 Å². The second kappa shape index (κ2) is 6.55. The zero-order valence-corrected chi connectivity index (χ0v) is 12.6. The summed E-state index contributed by atoms with van der Waals surface area (Å²) in [6.07, 6.45) is 5.73. The molecule has 0 fully saturated rings. The molecule has 0 bridgehead atoms. The molecule has 1 atom stereocenters. The van der Waals surface area contributed by atoms with Gasteiger partial charge in [-0.15, -0.1) is 0 Å². The van der Waals surface area contributed by atoms with Gasteiger partial charge in [0.25, 0.3) is 5.91 Å². The average molecular weight is 291 g/mol. The first-order chi connectivity index (χ1) is 10.0. The molecule has 1 aliphatic heterocycles. The third-order valence-electron chi connectivity index (χ3n) is 3.44. The lowest BCUT2D eigenvalue weighted by Crippen LogP contribution is -2.42. The molecule has 2 heterocycles. The fourth-order valence-corrected chi connectivity index (χ4v) is 2.27. The normalized spacial score (nSPS) is 19.0. The molecule has 0 radical (unpaired) electrons. The van der Waals surface area contributed by atoms with Gasteiger partial charge in [-0.05, 0) is 25.4 Å². The van der Waals surface area contributed by atoms with Crippen LogP contribution in [0.4, 0.5) is 0 Å². The van der Waals surface area contributed by atoms with Crippen molar-refractivity contribution in [3.8, 4) is 0 Å². The average Bonchev–Trinajstić information content (AvgIpc) is 2.96. The van der Waals surface area contributed by atoms with Gasteiger partial charge in [-0.25, -0.2) is 10.2 Å². The molecule has 7 heteroatoms. The summed E-state index contributed by atoms with van der Waals surface area (Å²) >= 11 is 0. The number of aromatic nitrogens is 2. The van der Waals surface area contributed by atoms with E-state index in [0.717, 1.165) is 18.8 Å². The molecule has 0 aromatic carbocycles. The monoisotopic (exact) mass is 291 g/mol. The number of hydrogen-bond donors (Lipinski definition) is 1. The molecule has 2 rings (SSSR count). The van der Waals surface area contributed by atoms with Gasteiger partial charge in [-0.3, -0.25) is 14.5 Å². The molecule has 1 amide bonds. The highest BCUT2D eigenvalue weighted by Gasteiger charge is 2.21. The topological polar surface area (TPSA) is 62.6 Å². The van der Waals surface area contributed by atoms with Crippen LogP contribution in [0.15, 0.2) is 31.1 Å². The predicted molar refractivity (Wildman–Crippen MR) is 80.2 cm³/mol. The van der Waals surface area contributed by atoms with E-state index in [4.69, 9.17) is 0 Å². The van der Waals surface area contributed by atoms with E-state index >= 15 is 0 Å². The zero-order valence-electron chi connectivity index (χ0n) is 12.6. The summed E-state index contributed by atoms with van der Waals surface area (Å²) in [5.74, 6) is -0.360. The molecule has 1 aliphatic rings. The van der Waals surface area contributed by atoms with E-state index in [1.54, 1.807) is 23.1 Å². The Morgan fingerprint density at radius 1 is 1.67 bits per heavy atom. The van der Waals surface area contributed by atoms with Crippen LogP contribution in [0.25, 0.3) is 5.70 Å². The van der Waals surface area contributed by atoms with Crippen molar-refractivity contribution < 1.29 is 9.63 Å². The van der Waals surface area contributed by atoms with E-state index in [9.17, 15) is 4.79 Å². The SMILES string of the molecule is C=CN(C)C1C=C(n2ccc(C(=O)NOC)n2)CN(C)C1. The first-order valence-corrected chi connectivity index (χ1v) is 6.68. The molecule has 1 aromatic rings. The van der Waals surface area contributed by atoms with Crippen LogP contribution in [0.5, 0.6) is 0 Å². The number of hydroxylamine groups is 1. The Morgan fingerprint density at radius 3 is 3.10 bits per heavy atom. The molecule has 114 valence electrons. The van der Waals surface area contributed by atoms with E-state index < -0.39 is 0 Å². The molecule has 21 heavy (non-hydrogen) atoms. The molecule has 0 saturated heterocycles. The second-order valence-corrected chi connectivity index (χ2v) is 5.05. The van der Waals surface area contributed by atoms with Gasteiger partial charge < -0.3 is 4.90 Å². The number of carbonyl (C=O) groups excluding carboxylic acids is 1. The smallest absolute Gasteiger partial charge is 0.295 e. The molecule has 1 unspecified atom stereocenters. The minimum absolute atomic E-state index is 0.233. The van der Waals surface area contributed by atoms with Crippen molar-refractivity contribution in [1.29, 1.82) is 0 Å². The third-order valence-corrected chi connectivity index (χ3v) is 3.44. The van der Waals surface area contributed by atoms with Crippen molar-refractivity contribution in [3.05, 3.63) is 36.8 Å². The molecule has 1 aromatic heterocycles. The van der Waals surface area contributed by atoms with Crippen LogP contribution >= 0.6 is 0 Å². The van der Waals surface area contributed by atoms with Crippen LogP contribution in [-0.4, -0.2) is 65.8 Å². The fourth-order valence-electron chi connectivity index (χ4n) is 2.27. The Morgan fingerprint density at radius 2 is 2.43 bits per heavy atom. The number of rotatable bonds is 5. The van der Waals surface area contributed by atoms with Gasteiger partial charge >= 0.3 is 0 Å². The van der Waals surface area contributed by atoms with Gasteiger partial charge in [0, 0.05) is 26.3 Å². The lowest BCUT2D eigenvalue weighted by Gasteiger charge is -2.33. The van der Waals surface area contributed by atoms with Crippen molar-refractivity contribution in [2.75, 3.05) is 34.3 Å². The number of likely N-dealkylation sites (N-methyl/N-ethyl adjacent to an activating group) is 2. The van der Waals surface area contributed by atoms with Crippen molar-refractivity contribution in [1.82, 2.24) is 25.1 Å². The molecular formula is C14H21N5O2. The van der Waals surface area contributed by atoms with Crippen molar-refractivity contribution in [2.45, 2.75) is 6.04 Å². The number of carbonyl (C=O) groups is 1. The molecule has 1 N–H and O–H groups in total. The van der Waals surface area contributed by atoms with Crippen molar-refractivity contribution in [3.63, 3.8) is 0 Å². The van der Waals surface area contributed by atoms with Crippen molar-refractivity contribution in [2.24, 2.45) is 0 Å². The number of amides is 1. The van der Waals surface area contributed by atoms with Gasteiger partial charge in [0.05, 0.1) is 18.8 Å². The summed E-state index contributed by atoms with van der Waals surface area (Å²) in [5.41, 5.74) is 3.60. The lowest BCUT2D eigenvalue weighted by molar-refractivity contribution is 0.0532. The van der Waals surface area contributed by atoms with Gasteiger partial charge in [-0.2, -0.15) is 5.10 Å². The predicted octanol–water partition coefficient (Wildman–Crippen LogP) is 0.405. The van der Waals surface area contributed by atoms with E-state index in [0.29, 0.717) is 5.69 Å². The largest absolute Gasteiger partial charge is 0.373 e. The molecule has 7 nitrogen and oxygen atoms in total. The lowest BCUT2D eigenvalue weighted by atomic mass is 10.1. The van der Waals surface area contributed by atoms with Gasteiger partial charge in [0.15, 0.2) is 5.69 Å². The van der Waals surface area contributed by atoms with Gasteiger partial charge in [-0.1, -0.05) is 6.58 Å². The molecular weight excluding hydrogens is 270 g/mol. The van der Waals surface area contributed by atoms with Crippen LogP contribution in [0.2, 0.25) is 0 Å². The molecule has 0 spiro atoms. The number of nitrogens with one attached hydrogen (secondary N) is 1. The third kappa shape index (κ3) is 3.50. The highest BCUT2D eigenvalue weighted by atomic mass is 16.6. The minimum atomic E-state index is -0.360. The van der Waals surface area contributed by atoms with Crippen LogP contribution in [0, 0.1) is 0 Å². The van der Waals surface area contributed by atoms with Crippen LogP contribution in [-0.2, 0) is 4.84 Å². The summed E-state index contributed by atoms with van der Waals surface area (Å²) in [6.45, 7) is 5.49. The summed E-state index contributed by atoms with van der Waals surface area (Å²) in [5, 5.41) is 4.29. The minimum Gasteiger partial charge on any atom is -0.373 e. The first-order valence-electron chi connectivity index (χ1n) is 6.68. The Kier molecular flexibility index (Phi) is 4.77. The molecule has 0 aliphatic carbocycles. The maximum atomic E-state index is 11.7. The van der Waals surface area contributed by atoms with E-state index in [1.165, 1.54) is 7.11 Å². The Labute approximate surface area is 124 Å². The maximum absolute atomic E-state index is 11.7. The van der Waals surface area contributed by atoms with Crippen molar-refractivity contribution >= 4 is 11.6 Å². The second-order valence-electron chi connectivity index (χ2n) is 5.05. The standard InChI is InChI=1S/C14H21N5O2/c1-5-18(3)11-8-12(10-17(2)9-11)19-7-6-13(15-19)14(20)16-21-4/h5-8,11H,1,9-10H2,2-4H3,(H,16,20). The zero-order chi connectivity index (χ0) is 15.4. The van der Waals surface area contributed by atoms with Gasteiger partial charge in [0.1, 0.15) is 0 Å². The Bertz CT molecular complexity index is 551. The van der Waals surface area contributed by atoms with E-state index in [2.05, 4.69) is 44.9 Å². The summed E-state index contributed by atoms with van der Waals surface area (Å²) in [7, 11) is 5.44. The Balaban J connectivity index is 2.21. The van der Waals surface area contributed by atoms with Crippen LogP contribution in [0.1, 0.15) is 10.5 Å². The summed E-state index contributed by atoms with van der Waals surface area (Å²) in [6, 6.07) is 1.90. The highest BCUT2D eigenvalue weighted by Crippen LogP contribution is 2.16. The number of hydrogen-bond acceptors (Lipinski definition) is 5. The Hall–Kier alpha value is -2.12. The maximum Gasteiger partial charge on any atom is 0.295 e. The summed E-state index contributed by atoms with van der Waals surface area (Å²) < 4.78 is 1.73. The van der Waals surface area contributed by atoms with E-state index in [-0.39, 0.29) is 11.9 Å². The summed E-state index contributed by atoms with van der Waals surface area (Å²) in [4.78, 5) is 20.5. The van der Waals surface area contributed by atoms with Gasteiger partial charge in [0.2, 0.25) is 0 Å². The van der Waals surface area contributed by atoms with E-state index in [1.807, 2.05) is 7.05 Å². The molecule has 0 saturated carbocycles.